The van der Waals surface area contributed by atoms with Crippen LogP contribution in [0.3, 0.4) is 0 Å². The third-order valence-corrected chi connectivity index (χ3v) is 4.96. The standard InChI is InChI=1S/C20H25I/c1-19(2,3)16-12-15(14-10-8-7-9-11-14)13-17(18(16)21)20(4,5)6/h7-13H,1-6H3. The summed E-state index contributed by atoms with van der Waals surface area (Å²) in [5.74, 6) is 0. The summed E-state index contributed by atoms with van der Waals surface area (Å²) < 4.78 is 1.41. The zero-order chi connectivity index (χ0) is 15.8. The summed E-state index contributed by atoms with van der Waals surface area (Å²) >= 11 is 2.53. The van der Waals surface area contributed by atoms with Crippen molar-refractivity contribution in [3.8, 4) is 11.1 Å². The molecule has 2 rings (SSSR count). The van der Waals surface area contributed by atoms with E-state index in [0.29, 0.717) is 0 Å². The second-order valence-electron chi connectivity index (χ2n) is 7.75. The average Bonchev–Trinajstić information content (AvgIpc) is 2.37. The van der Waals surface area contributed by atoms with Crippen LogP contribution >= 0.6 is 22.6 Å². The molecule has 0 spiro atoms. The molecular formula is C20H25I. The van der Waals surface area contributed by atoms with Crippen LogP contribution < -0.4 is 0 Å². The number of hydrogen-bond donors (Lipinski definition) is 0. The lowest BCUT2D eigenvalue weighted by molar-refractivity contribution is 0.562. The van der Waals surface area contributed by atoms with E-state index in [-0.39, 0.29) is 10.8 Å². The normalized spacial score (nSPS) is 12.5. The van der Waals surface area contributed by atoms with Crippen molar-refractivity contribution in [2.24, 2.45) is 0 Å². The van der Waals surface area contributed by atoms with Crippen molar-refractivity contribution in [2.45, 2.75) is 52.4 Å². The maximum Gasteiger partial charge on any atom is 0.0205 e. The molecular weight excluding hydrogens is 367 g/mol. The first-order valence-corrected chi connectivity index (χ1v) is 8.58. The van der Waals surface area contributed by atoms with Gasteiger partial charge in [0.05, 0.1) is 0 Å². The second kappa shape index (κ2) is 5.75. The van der Waals surface area contributed by atoms with Gasteiger partial charge in [0.1, 0.15) is 0 Å². The smallest absolute Gasteiger partial charge is 0.0205 e. The molecule has 0 heterocycles. The largest absolute Gasteiger partial charge is 0.0622 e. The summed E-state index contributed by atoms with van der Waals surface area (Å²) in [6.45, 7) is 13.8. The number of benzene rings is 2. The highest BCUT2D eigenvalue weighted by Gasteiger charge is 2.25. The Kier molecular flexibility index (Phi) is 4.53. The topological polar surface area (TPSA) is 0 Å². The van der Waals surface area contributed by atoms with Gasteiger partial charge in [0.15, 0.2) is 0 Å². The van der Waals surface area contributed by atoms with Crippen LogP contribution in [0.2, 0.25) is 0 Å². The minimum atomic E-state index is 0.154. The van der Waals surface area contributed by atoms with E-state index >= 15 is 0 Å². The van der Waals surface area contributed by atoms with E-state index in [4.69, 9.17) is 0 Å². The van der Waals surface area contributed by atoms with Crippen molar-refractivity contribution in [2.75, 3.05) is 0 Å². The monoisotopic (exact) mass is 392 g/mol. The summed E-state index contributed by atoms with van der Waals surface area (Å²) in [4.78, 5) is 0. The predicted octanol–water partition coefficient (Wildman–Crippen LogP) is 6.55. The van der Waals surface area contributed by atoms with Crippen LogP contribution in [0.1, 0.15) is 52.7 Å². The zero-order valence-electron chi connectivity index (χ0n) is 13.9. The van der Waals surface area contributed by atoms with E-state index < -0.39 is 0 Å². The lowest BCUT2D eigenvalue weighted by Crippen LogP contribution is -2.20. The lowest BCUT2D eigenvalue weighted by atomic mass is 9.79. The highest BCUT2D eigenvalue weighted by Crippen LogP contribution is 2.38. The first kappa shape index (κ1) is 16.5. The molecule has 2 aromatic rings. The molecule has 0 bridgehead atoms. The molecule has 0 fully saturated rings. The van der Waals surface area contributed by atoms with Gasteiger partial charge in [-0.2, -0.15) is 0 Å². The van der Waals surface area contributed by atoms with Crippen molar-refractivity contribution >= 4 is 22.6 Å². The summed E-state index contributed by atoms with van der Waals surface area (Å²) in [7, 11) is 0. The Balaban J connectivity index is 2.75. The maximum atomic E-state index is 2.53. The Morgan fingerprint density at radius 1 is 0.667 bits per heavy atom. The summed E-state index contributed by atoms with van der Waals surface area (Å²) in [6, 6.07) is 15.4. The van der Waals surface area contributed by atoms with Gasteiger partial charge in [0.25, 0.3) is 0 Å². The third-order valence-electron chi connectivity index (χ3n) is 3.80. The molecule has 0 nitrogen and oxygen atoms in total. The van der Waals surface area contributed by atoms with E-state index in [1.807, 2.05) is 0 Å². The minimum absolute atomic E-state index is 0.154. The predicted molar refractivity (Wildman–Crippen MR) is 102 cm³/mol. The molecule has 1 heteroatoms. The number of hydrogen-bond acceptors (Lipinski definition) is 0. The molecule has 0 saturated carbocycles. The van der Waals surface area contributed by atoms with E-state index in [0.717, 1.165) is 0 Å². The third kappa shape index (κ3) is 3.68. The van der Waals surface area contributed by atoms with E-state index in [1.54, 1.807) is 0 Å². The molecule has 0 atom stereocenters. The van der Waals surface area contributed by atoms with Crippen molar-refractivity contribution in [1.82, 2.24) is 0 Å². The van der Waals surface area contributed by atoms with Gasteiger partial charge in [-0.3, -0.25) is 0 Å². The molecule has 0 aromatic heterocycles. The van der Waals surface area contributed by atoms with E-state index in [9.17, 15) is 0 Å². The fourth-order valence-corrected chi connectivity index (χ4v) is 4.44. The summed E-state index contributed by atoms with van der Waals surface area (Å²) in [5.41, 5.74) is 5.81. The quantitative estimate of drug-likeness (QED) is 0.483. The molecule has 21 heavy (non-hydrogen) atoms. The van der Waals surface area contributed by atoms with Crippen molar-refractivity contribution in [3.05, 3.63) is 57.2 Å². The van der Waals surface area contributed by atoms with Crippen LogP contribution in [0.25, 0.3) is 11.1 Å². The van der Waals surface area contributed by atoms with Crippen LogP contribution in [0.4, 0.5) is 0 Å². The van der Waals surface area contributed by atoms with E-state index in [2.05, 4.69) is 107 Å². The van der Waals surface area contributed by atoms with Gasteiger partial charge in [-0.1, -0.05) is 71.9 Å². The molecule has 0 radical (unpaired) electrons. The Morgan fingerprint density at radius 2 is 1.10 bits per heavy atom. The molecule has 2 aromatic carbocycles. The van der Waals surface area contributed by atoms with Gasteiger partial charge >= 0.3 is 0 Å². The second-order valence-corrected chi connectivity index (χ2v) is 8.83. The van der Waals surface area contributed by atoms with Gasteiger partial charge in [0.2, 0.25) is 0 Å². The number of halogens is 1. The summed E-state index contributed by atoms with van der Waals surface area (Å²) in [5, 5.41) is 0. The zero-order valence-corrected chi connectivity index (χ0v) is 16.1. The molecule has 0 N–H and O–H groups in total. The average molecular weight is 392 g/mol. The first-order chi connectivity index (χ1) is 9.60. The molecule has 0 aliphatic carbocycles. The Bertz CT molecular complexity index is 590. The van der Waals surface area contributed by atoms with Crippen LogP contribution in [0, 0.1) is 3.57 Å². The van der Waals surface area contributed by atoms with Crippen LogP contribution in [0.5, 0.6) is 0 Å². The van der Waals surface area contributed by atoms with Crippen LogP contribution in [-0.4, -0.2) is 0 Å². The van der Waals surface area contributed by atoms with Gasteiger partial charge in [0, 0.05) is 3.57 Å². The molecule has 0 aliphatic heterocycles. The molecule has 0 unspecified atom stereocenters. The van der Waals surface area contributed by atoms with Gasteiger partial charge < -0.3 is 0 Å². The Morgan fingerprint density at radius 3 is 1.48 bits per heavy atom. The minimum Gasteiger partial charge on any atom is -0.0622 e. The molecule has 0 amide bonds. The van der Waals surface area contributed by atoms with Crippen LogP contribution in [-0.2, 0) is 10.8 Å². The molecule has 0 aliphatic rings. The lowest BCUT2D eigenvalue weighted by Gasteiger charge is -2.29. The molecule has 112 valence electrons. The maximum absolute atomic E-state index is 2.53. The van der Waals surface area contributed by atoms with Crippen molar-refractivity contribution in [3.63, 3.8) is 0 Å². The van der Waals surface area contributed by atoms with Gasteiger partial charge in [-0.05, 0) is 67.8 Å². The fraction of sp³-hybridized carbons (Fsp3) is 0.400. The first-order valence-electron chi connectivity index (χ1n) is 7.50. The molecule has 0 saturated heterocycles. The fourth-order valence-electron chi connectivity index (χ4n) is 2.51. The SMILES string of the molecule is CC(C)(C)c1cc(-c2ccccc2)cc(C(C)(C)C)c1I. The van der Waals surface area contributed by atoms with Crippen molar-refractivity contribution in [1.29, 1.82) is 0 Å². The Labute approximate surface area is 143 Å². The van der Waals surface area contributed by atoms with Gasteiger partial charge in [-0.25, -0.2) is 0 Å². The van der Waals surface area contributed by atoms with E-state index in [1.165, 1.54) is 25.8 Å². The number of rotatable bonds is 1. The Hall–Kier alpha value is -0.830. The van der Waals surface area contributed by atoms with Crippen molar-refractivity contribution < 1.29 is 0 Å². The highest BCUT2D eigenvalue weighted by atomic mass is 127. The van der Waals surface area contributed by atoms with Gasteiger partial charge in [-0.15, -0.1) is 0 Å². The summed E-state index contributed by atoms with van der Waals surface area (Å²) in [6.07, 6.45) is 0. The van der Waals surface area contributed by atoms with Crippen LogP contribution in [0.15, 0.2) is 42.5 Å². The highest BCUT2D eigenvalue weighted by molar-refractivity contribution is 14.1.